The van der Waals surface area contributed by atoms with E-state index >= 15 is 0 Å². The molecular formula is C38H30N2O4. The maximum atomic E-state index is 13.9. The Bertz CT molecular complexity index is 1860. The second kappa shape index (κ2) is 10.5. The number of imide groups is 1. The molecule has 9 rings (SSSR count). The van der Waals surface area contributed by atoms with Gasteiger partial charge in [-0.2, -0.15) is 10.1 Å². The lowest BCUT2D eigenvalue weighted by atomic mass is 9.55. The maximum absolute atomic E-state index is 13.9. The molecule has 0 N–H and O–H groups in total. The zero-order valence-electron chi connectivity index (χ0n) is 24.2. The first-order valence-corrected chi connectivity index (χ1v) is 15.1. The quantitative estimate of drug-likeness (QED) is 0.153. The average molecular weight is 579 g/mol. The van der Waals surface area contributed by atoms with Crippen molar-refractivity contribution in [2.45, 2.75) is 25.4 Å². The van der Waals surface area contributed by atoms with E-state index in [1.807, 2.05) is 67.6 Å². The van der Waals surface area contributed by atoms with E-state index in [1.165, 1.54) is 0 Å². The normalized spacial score (nSPS) is 21.4. The predicted octanol–water partition coefficient (Wildman–Crippen LogP) is 7.04. The number of nitrogens with zero attached hydrogens (tertiary/aromatic N) is 2. The topological polar surface area (TPSA) is 68.2 Å². The summed E-state index contributed by atoms with van der Waals surface area (Å²) in [5.41, 5.74) is 6.36. The SMILES string of the molecule is CCOc1cc(/C=N\N2C(=O)[C@@H]3C4c5ccccc5C(c5ccccc54)[C@H]3C2=O)ccc1OCc1cccc2ccccc12. The van der Waals surface area contributed by atoms with Gasteiger partial charge >= 0.3 is 0 Å². The lowest BCUT2D eigenvalue weighted by Crippen LogP contribution is -2.41. The summed E-state index contributed by atoms with van der Waals surface area (Å²) in [7, 11) is 0. The number of rotatable bonds is 7. The van der Waals surface area contributed by atoms with Crippen molar-refractivity contribution in [1.29, 1.82) is 0 Å². The maximum Gasteiger partial charge on any atom is 0.254 e. The molecule has 6 nitrogen and oxygen atoms in total. The Morgan fingerprint density at radius 1 is 0.682 bits per heavy atom. The molecule has 2 bridgehead atoms. The van der Waals surface area contributed by atoms with Crippen LogP contribution < -0.4 is 9.47 Å². The standard InChI is InChI=1S/C38H30N2O4/c1-2-43-32-20-23(18-19-31(32)44-22-25-12-9-11-24-10-3-4-13-26(24)25)21-39-40-37(41)35-33-27-14-5-6-15-28(27)34(36(35)38(40)42)30-17-8-7-16-29(30)33/h3-21,33-36H,2,22H2,1H3/b39-21-/t33?,34?,35-,36-/m1/s1. The van der Waals surface area contributed by atoms with Crippen LogP contribution in [0.3, 0.4) is 0 Å². The highest BCUT2D eigenvalue weighted by molar-refractivity contribution is 6.08. The van der Waals surface area contributed by atoms with Gasteiger partial charge in [-0.05, 0) is 69.3 Å². The number of hydrogen-bond acceptors (Lipinski definition) is 5. The highest BCUT2D eigenvalue weighted by Gasteiger charge is 2.61. The van der Waals surface area contributed by atoms with Crippen LogP contribution in [0.25, 0.3) is 10.8 Å². The fraction of sp³-hybridized carbons (Fsp3) is 0.184. The van der Waals surface area contributed by atoms with Gasteiger partial charge in [0.05, 0.1) is 24.7 Å². The second-order valence-corrected chi connectivity index (χ2v) is 11.6. The van der Waals surface area contributed by atoms with Crippen LogP contribution >= 0.6 is 0 Å². The van der Waals surface area contributed by atoms with E-state index in [-0.39, 0.29) is 23.7 Å². The summed E-state index contributed by atoms with van der Waals surface area (Å²) in [6.45, 7) is 2.77. The third kappa shape index (κ3) is 4.05. The van der Waals surface area contributed by atoms with Crippen molar-refractivity contribution in [2.24, 2.45) is 16.9 Å². The third-order valence-electron chi connectivity index (χ3n) is 9.28. The first-order chi connectivity index (χ1) is 21.6. The van der Waals surface area contributed by atoms with Gasteiger partial charge in [-0.3, -0.25) is 9.59 Å². The molecule has 4 aliphatic rings. The Labute approximate surface area is 255 Å². The number of hydrazone groups is 1. The van der Waals surface area contributed by atoms with Crippen LogP contribution in [0.2, 0.25) is 0 Å². The molecule has 1 saturated heterocycles. The molecule has 44 heavy (non-hydrogen) atoms. The minimum absolute atomic E-state index is 0.156. The molecule has 3 aliphatic carbocycles. The minimum atomic E-state index is -0.460. The van der Waals surface area contributed by atoms with Crippen molar-refractivity contribution in [3.8, 4) is 11.5 Å². The number of benzene rings is 5. The van der Waals surface area contributed by atoms with E-state index in [4.69, 9.17) is 9.47 Å². The monoisotopic (exact) mass is 578 g/mol. The summed E-state index contributed by atoms with van der Waals surface area (Å²) >= 11 is 0. The Hall–Kier alpha value is -5.23. The van der Waals surface area contributed by atoms with Crippen LogP contribution in [-0.4, -0.2) is 29.6 Å². The molecule has 216 valence electrons. The molecule has 0 unspecified atom stereocenters. The van der Waals surface area contributed by atoms with Crippen LogP contribution in [0.15, 0.2) is 114 Å². The van der Waals surface area contributed by atoms with Gasteiger partial charge in [-0.15, -0.1) is 0 Å². The molecule has 1 fully saturated rings. The summed E-state index contributed by atoms with van der Waals surface area (Å²) in [6.07, 6.45) is 1.56. The molecule has 1 heterocycles. The fourth-order valence-electron chi connectivity index (χ4n) is 7.47. The predicted molar refractivity (Wildman–Crippen MR) is 169 cm³/mol. The first-order valence-electron chi connectivity index (χ1n) is 15.1. The fourth-order valence-corrected chi connectivity index (χ4v) is 7.47. The summed E-state index contributed by atoms with van der Waals surface area (Å²) < 4.78 is 12.1. The lowest BCUT2D eigenvalue weighted by Gasteiger charge is -2.45. The van der Waals surface area contributed by atoms with E-state index in [2.05, 4.69) is 53.6 Å². The summed E-state index contributed by atoms with van der Waals surface area (Å²) in [5, 5.41) is 7.88. The van der Waals surface area contributed by atoms with Crippen LogP contribution in [0.1, 0.15) is 52.1 Å². The van der Waals surface area contributed by atoms with Gasteiger partial charge in [0.2, 0.25) is 0 Å². The number of carbonyl (C=O) groups excluding carboxylic acids is 2. The van der Waals surface area contributed by atoms with Gasteiger partial charge in [-0.25, -0.2) is 0 Å². The van der Waals surface area contributed by atoms with Crippen LogP contribution in [0, 0.1) is 11.8 Å². The molecular weight excluding hydrogens is 548 g/mol. The van der Waals surface area contributed by atoms with E-state index in [9.17, 15) is 9.59 Å². The number of ether oxygens (including phenoxy) is 2. The molecule has 5 aromatic rings. The van der Waals surface area contributed by atoms with Crippen molar-refractivity contribution in [1.82, 2.24) is 5.01 Å². The van der Waals surface area contributed by atoms with Gasteiger partial charge in [0.1, 0.15) is 6.61 Å². The molecule has 6 heteroatoms. The molecule has 0 saturated carbocycles. The smallest absolute Gasteiger partial charge is 0.254 e. The number of carbonyl (C=O) groups is 2. The van der Waals surface area contributed by atoms with Gasteiger partial charge in [0.15, 0.2) is 11.5 Å². The van der Waals surface area contributed by atoms with E-state index in [1.54, 1.807) is 6.21 Å². The second-order valence-electron chi connectivity index (χ2n) is 11.6. The Morgan fingerprint density at radius 3 is 1.91 bits per heavy atom. The number of hydrogen-bond donors (Lipinski definition) is 0. The van der Waals surface area contributed by atoms with Gasteiger partial charge in [0, 0.05) is 11.8 Å². The molecule has 1 aliphatic heterocycles. The molecule has 0 radical (unpaired) electrons. The van der Waals surface area contributed by atoms with Crippen molar-refractivity contribution >= 4 is 28.8 Å². The lowest BCUT2D eigenvalue weighted by molar-refractivity contribution is -0.139. The zero-order valence-corrected chi connectivity index (χ0v) is 24.2. The summed E-state index contributed by atoms with van der Waals surface area (Å²) in [6, 6.07) is 36.4. The van der Waals surface area contributed by atoms with Gasteiger partial charge < -0.3 is 9.47 Å². The summed E-state index contributed by atoms with van der Waals surface area (Å²) in [4.78, 5) is 27.7. The van der Waals surface area contributed by atoms with Gasteiger partial charge in [-0.1, -0.05) is 91.0 Å². The van der Waals surface area contributed by atoms with Crippen molar-refractivity contribution < 1.29 is 19.1 Å². The molecule has 0 spiro atoms. The Balaban J connectivity index is 1.06. The number of fused-ring (bicyclic) bond motifs is 1. The Kier molecular flexibility index (Phi) is 6.29. The number of amides is 2. The minimum Gasteiger partial charge on any atom is -0.490 e. The molecule has 0 aromatic heterocycles. The van der Waals surface area contributed by atoms with Gasteiger partial charge in [0.25, 0.3) is 11.8 Å². The largest absolute Gasteiger partial charge is 0.490 e. The van der Waals surface area contributed by atoms with Crippen molar-refractivity contribution in [3.63, 3.8) is 0 Å². The molecule has 2 amide bonds. The highest BCUT2D eigenvalue weighted by atomic mass is 16.5. The van der Waals surface area contributed by atoms with Crippen LogP contribution in [-0.2, 0) is 16.2 Å². The summed E-state index contributed by atoms with van der Waals surface area (Å²) in [5.74, 6) is -0.521. The van der Waals surface area contributed by atoms with Crippen LogP contribution in [0.5, 0.6) is 11.5 Å². The zero-order chi connectivity index (χ0) is 29.8. The van der Waals surface area contributed by atoms with E-state index in [0.717, 1.165) is 43.6 Å². The van der Waals surface area contributed by atoms with Crippen LogP contribution in [0.4, 0.5) is 0 Å². The van der Waals surface area contributed by atoms with E-state index in [0.29, 0.717) is 30.3 Å². The Morgan fingerprint density at radius 2 is 1.27 bits per heavy atom. The average Bonchev–Trinajstić information content (AvgIpc) is 3.32. The first kappa shape index (κ1) is 26.4. The van der Waals surface area contributed by atoms with Crippen molar-refractivity contribution in [2.75, 3.05) is 6.61 Å². The van der Waals surface area contributed by atoms with E-state index < -0.39 is 11.8 Å². The van der Waals surface area contributed by atoms with Crippen molar-refractivity contribution in [3.05, 3.63) is 143 Å². The molecule has 2 atom stereocenters. The molecule has 5 aromatic carbocycles. The third-order valence-corrected chi connectivity index (χ3v) is 9.28. The highest BCUT2D eigenvalue weighted by Crippen LogP contribution is 2.61.